The van der Waals surface area contributed by atoms with Gasteiger partial charge in [-0.1, -0.05) is 27.7 Å². The Morgan fingerprint density at radius 2 is 1.80 bits per heavy atom. The Balaban J connectivity index is 2.31. The van der Waals surface area contributed by atoms with Gasteiger partial charge < -0.3 is 0 Å². The van der Waals surface area contributed by atoms with Crippen molar-refractivity contribution in [2.45, 2.75) is 40.0 Å². The molecular weight excluding hydrogens is 184 g/mol. The molecule has 0 saturated carbocycles. The first-order valence-electron chi connectivity index (χ1n) is 5.65. The lowest BCUT2D eigenvalue weighted by molar-refractivity contribution is 0.812. The van der Waals surface area contributed by atoms with Crippen molar-refractivity contribution >= 4 is 11.4 Å². The third-order valence-corrected chi connectivity index (χ3v) is 2.84. The van der Waals surface area contributed by atoms with Crippen molar-refractivity contribution < 1.29 is 0 Å². The zero-order chi connectivity index (χ0) is 11.0. The van der Waals surface area contributed by atoms with Crippen LogP contribution in [0.5, 0.6) is 0 Å². The largest absolute Gasteiger partial charge is 0.255 e. The van der Waals surface area contributed by atoms with Crippen LogP contribution in [-0.2, 0) is 6.42 Å². The number of hydrogen-bond acceptors (Lipinski definition) is 2. The van der Waals surface area contributed by atoms with E-state index in [0.717, 1.165) is 17.8 Å². The first-order valence-corrected chi connectivity index (χ1v) is 5.65. The van der Waals surface area contributed by atoms with Crippen molar-refractivity contribution in [1.29, 1.82) is 0 Å². The van der Waals surface area contributed by atoms with Crippen LogP contribution in [0.3, 0.4) is 0 Å². The quantitative estimate of drug-likeness (QED) is 0.720. The zero-order valence-corrected chi connectivity index (χ0v) is 9.91. The highest BCUT2D eigenvalue weighted by molar-refractivity contribution is 5.94. The van der Waals surface area contributed by atoms with Crippen LogP contribution < -0.4 is 0 Å². The molecule has 2 rings (SSSR count). The lowest BCUT2D eigenvalue weighted by Crippen LogP contribution is -2.07. The van der Waals surface area contributed by atoms with Gasteiger partial charge in [0.2, 0.25) is 0 Å². The molecule has 0 fully saturated rings. The average Bonchev–Trinajstić information content (AvgIpc) is 2.59. The third kappa shape index (κ3) is 1.94. The molecule has 1 aromatic heterocycles. The average molecular weight is 202 g/mol. The Hall–Kier alpha value is -1.18. The number of rotatable bonds is 2. The van der Waals surface area contributed by atoms with Crippen LogP contribution in [0.1, 0.15) is 45.0 Å². The van der Waals surface area contributed by atoms with Crippen LogP contribution >= 0.6 is 0 Å². The number of pyridine rings is 1. The molecular formula is C13H18N2. The summed E-state index contributed by atoms with van der Waals surface area (Å²) in [6, 6.07) is 4.20. The van der Waals surface area contributed by atoms with Crippen molar-refractivity contribution in [3.8, 4) is 0 Å². The maximum absolute atomic E-state index is 4.67. The normalized spacial score (nSPS) is 14.7. The Morgan fingerprint density at radius 1 is 1.07 bits per heavy atom. The molecule has 0 aliphatic carbocycles. The maximum Gasteiger partial charge on any atom is 0.0848 e. The van der Waals surface area contributed by atoms with Crippen LogP contribution in [0.4, 0.5) is 5.69 Å². The van der Waals surface area contributed by atoms with Crippen molar-refractivity contribution in [2.75, 3.05) is 0 Å². The molecule has 2 heteroatoms. The Labute approximate surface area is 91.5 Å². The lowest BCUT2D eigenvalue weighted by atomic mass is 10.0. The summed E-state index contributed by atoms with van der Waals surface area (Å²) < 4.78 is 0. The summed E-state index contributed by atoms with van der Waals surface area (Å²) in [4.78, 5) is 9.28. The van der Waals surface area contributed by atoms with Gasteiger partial charge in [0.05, 0.1) is 11.4 Å². The van der Waals surface area contributed by atoms with E-state index in [-0.39, 0.29) is 0 Å². The van der Waals surface area contributed by atoms with Crippen LogP contribution in [0.15, 0.2) is 17.1 Å². The molecule has 0 aromatic carbocycles. The molecule has 80 valence electrons. The van der Waals surface area contributed by atoms with Gasteiger partial charge in [0, 0.05) is 17.8 Å². The molecule has 0 unspecified atom stereocenters. The van der Waals surface area contributed by atoms with Gasteiger partial charge in [0.15, 0.2) is 0 Å². The molecule has 2 heterocycles. The molecule has 0 spiro atoms. The molecule has 2 nitrogen and oxygen atoms in total. The van der Waals surface area contributed by atoms with Crippen molar-refractivity contribution in [2.24, 2.45) is 10.9 Å². The smallest absolute Gasteiger partial charge is 0.0848 e. The van der Waals surface area contributed by atoms with Crippen LogP contribution in [0, 0.1) is 5.92 Å². The van der Waals surface area contributed by atoms with E-state index < -0.39 is 0 Å². The second-order valence-electron chi connectivity index (χ2n) is 4.79. The van der Waals surface area contributed by atoms with E-state index in [2.05, 4.69) is 49.8 Å². The Kier molecular flexibility index (Phi) is 2.59. The third-order valence-electron chi connectivity index (χ3n) is 2.84. The Morgan fingerprint density at radius 3 is 2.40 bits per heavy atom. The highest BCUT2D eigenvalue weighted by atomic mass is 14.9. The first-order chi connectivity index (χ1) is 7.08. The highest BCUT2D eigenvalue weighted by Gasteiger charge is 2.18. The fourth-order valence-corrected chi connectivity index (χ4v) is 1.76. The van der Waals surface area contributed by atoms with E-state index in [9.17, 15) is 0 Å². The van der Waals surface area contributed by atoms with Crippen molar-refractivity contribution in [1.82, 2.24) is 4.98 Å². The summed E-state index contributed by atoms with van der Waals surface area (Å²) in [5, 5.41) is 0. The predicted molar refractivity (Wildman–Crippen MR) is 64.0 cm³/mol. The van der Waals surface area contributed by atoms with Gasteiger partial charge in [-0.2, -0.15) is 0 Å². The van der Waals surface area contributed by atoms with Crippen molar-refractivity contribution in [3.63, 3.8) is 0 Å². The fraction of sp³-hybridized carbons (Fsp3) is 0.538. The number of aromatic nitrogens is 1. The van der Waals surface area contributed by atoms with Crippen LogP contribution in [-0.4, -0.2) is 10.7 Å². The fourth-order valence-electron chi connectivity index (χ4n) is 1.76. The molecule has 1 aliphatic heterocycles. The van der Waals surface area contributed by atoms with Gasteiger partial charge in [0.1, 0.15) is 0 Å². The molecule has 1 aliphatic rings. The highest BCUT2D eigenvalue weighted by Crippen LogP contribution is 2.28. The summed E-state index contributed by atoms with van der Waals surface area (Å²) in [7, 11) is 0. The van der Waals surface area contributed by atoms with Gasteiger partial charge in [-0.15, -0.1) is 0 Å². The van der Waals surface area contributed by atoms with E-state index in [4.69, 9.17) is 0 Å². The zero-order valence-electron chi connectivity index (χ0n) is 9.91. The van der Waals surface area contributed by atoms with E-state index in [0.29, 0.717) is 11.8 Å². The summed E-state index contributed by atoms with van der Waals surface area (Å²) in [6.07, 6.45) is 0.938. The maximum atomic E-state index is 4.67. The topological polar surface area (TPSA) is 25.2 Å². The van der Waals surface area contributed by atoms with E-state index in [1.54, 1.807) is 0 Å². The van der Waals surface area contributed by atoms with Crippen LogP contribution in [0.2, 0.25) is 0 Å². The minimum absolute atomic E-state index is 0.499. The molecule has 1 aromatic rings. The lowest BCUT2D eigenvalue weighted by Gasteiger charge is -2.05. The van der Waals surface area contributed by atoms with Gasteiger partial charge in [-0.05, 0) is 24.0 Å². The monoisotopic (exact) mass is 202 g/mol. The standard InChI is InChI=1S/C13H18N2/c1-8(2)10-5-6-11-13(14-10)7-12(15-11)9(3)4/h5-6,8-9H,7H2,1-4H3. The van der Waals surface area contributed by atoms with Gasteiger partial charge >= 0.3 is 0 Å². The van der Waals surface area contributed by atoms with E-state index >= 15 is 0 Å². The molecule has 0 bridgehead atoms. The second kappa shape index (κ2) is 3.76. The molecule has 0 radical (unpaired) electrons. The predicted octanol–water partition coefficient (Wildman–Crippen LogP) is 3.49. The van der Waals surface area contributed by atoms with Crippen LogP contribution in [0.25, 0.3) is 0 Å². The van der Waals surface area contributed by atoms with Gasteiger partial charge in [0.25, 0.3) is 0 Å². The number of hydrogen-bond donors (Lipinski definition) is 0. The number of fused-ring (bicyclic) bond motifs is 1. The van der Waals surface area contributed by atoms with Gasteiger partial charge in [-0.3, -0.25) is 9.98 Å². The Bertz CT molecular complexity index is 403. The van der Waals surface area contributed by atoms with Gasteiger partial charge in [-0.25, -0.2) is 0 Å². The molecule has 0 atom stereocenters. The van der Waals surface area contributed by atoms with E-state index in [1.165, 1.54) is 11.4 Å². The molecule has 15 heavy (non-hydrogen) atoms. The number of aliphatic imine (C=N–C) groups is 1. The summed E-state index contributed by atoms with van der Waals surface area (Å²) >= 11 is 0. The summed E-state index contributed by atoms with van der Waals surface area (Å²) in [6.45, 7) is 8.73. The number of nitrogens with zero attached hydrogens (tertiary/aromatic N) is 2. The SMILES string of the molecule is CC(C)C1=Nc2ccc(C(C)C)nc2C1. The minimum Gasteiger partial charge on any atom is -0.255 e. The summed E-state index contributed by atoms with van der Waals surface area (Å²) in [5.74, 6) is 1.03. The molecule has 0 saturated heterocycles. The first kappa shape index (κ1) is 10.3. The minimum atomic E-state index is 0.499. The van der Waals surface area contributed by atoms with Crippen molar-refractivity contribution in [3.05, 3.63) is 23.5 Å². The van der Waals surface area contributed by atoms with E-state index in [1.807, 2.05) is 0 Å². The second-order valence-corrected chi connectivity index (χ2v) is 4.79. The summed E-state index contributed by atoms with van der Waals surface area (Å²) in [5.41, 5.74) is 4.67. The molecule has 0 N–H and O–H groups in total. The molecule has 0 amide bonds.